The molecule has 1 aromatic heterocycles. The Morgan fingerprint density at radius 1 is 1.11 bits per heavy atom. The molecule has 1 heterocycles. The number of aromatic nitrogens is 2. The Kier molecular flexibility index (Phi) is 4.20. The Bertz CT molecular complexity index is 523. The zero-order valence-corrected chi connectivity index (χ0v) is 11.7. The molecule has 18 heavy (non-hydrogen) atoms. The third kappa shape index (κ3) is 3.23. The first-order chi connectivity index (χ1) is 8.69. The van der Waals surface area contributed by atoms with Crippen molar-refractivity contribution in [3.63, 3.8) is 0 Å². The largest absolute Gasteiger partial charge is 0.372 e. The highest BCUT2D eigenvalue weighted by molar-refractivity contribution is 7.98. The van der Waals surface area contributed by atoms with Crippen LogP contribution in [0.5, 0.6) is 0 Å². The number of anilines is 1. The molecule has 0 fully saturated rings. The first-order valence-electron chi connectivity index (χ1n) is 5.88. The standard InChI is InChI=1S/C14H17N3S/c1-10-4-5-13(6-11(10)2)18-9-12-7-17-14(15-3)8-16-12/h4-8H,9H2,1-3H3,(H,15,17). The smallest absolute Gasteiger partial charge is 0.144 e. The number of hydrogen-bond donors (Lipinski definition) is 1. The van der Waals surface area contributed by atoms with Gasteiger partial charge in [-0.2, -0.15) is 0 Å². The Labute approximate surface area is 112 Å². The van der Waals surface area contributed by atoms with Crippen molar-refractivity contribution in [1.29, 1.82) is 0 Å². The van der Waals surface area contributed by atoms with Gasteiger partial charge in [0.05, 0.1) is 18.1 Å². The Morgan fingerprint density at radius 3 is 2.56 bits per heavy atom. The lowest BCUT2D eigenvalue weighted by Gasteiger charge is -2.05. The highest BCUT2D eigenvalue weighted by atomic mass is 32.2. The van der Waals surface area contributed by atoms with E-state index in [2.05, 4.69) is 47.3 Å². The second-order valence-corrected chi connectivity index (χ2v) is 5.23. The highest BCUT2D eigenvalue weighted by Crippen LogP contribution is 2.24. The van der Waals surface area contributed by atoms with Gasteiger partial charge in [-0.05, 0) is 37.1 Å². The van der Waals surface area contributed by atoms with Crippen LogP contribution in [0.2, 0.25) is 0 Å². The van der Waals surface area contributed by atoms with E-state index in [4.69, 9.17) is 0 Å². The van der Waals surface area contributed by atoms with E-state index in [-0.39, 0.29) is 0 Å². The lowest BCUT2D eigenvalue weighted by atomic mass is 10.1. The molecule has 1 N–H and O–H groups in total. The predicted octanol–water partition coefficient (Wildman–Crippen LogP) is 3.43. The van der Waals surface area contributed by atoms with Crippen molar-refractivity contribution in [3.8, 4) is 0 Å². The molecule has 0 saturated carbocycles. The van der Waals surface area contributed by atoms with Crippen LogP contribution in [0.4, 0.5) is 5.82 Å². The van der Waals surface area contributed by atoms with Gasteiger partial charge in [-0.1, -0.05) is 6.07 Å². The molecule has 2 rings (SSSR count). The monoisotopic (exact) mass is 259 g/mol. The van der Waals surface area contributed by atoms with Crippen LogP contribution in [-0.2, 0) is 5.75 Å². The zero-order chi connectivity index (χ0) is 13.0. The van der Waals surface area contributed by atoms with Crippen LogP contribution in [-0.4, -0.2) is 17.0 Å². The van der Waals surface area contributed by atoms with E-state index in [1.165, 1.54) is 16.0 Å². The Balaban J connectivity index is 1.99. The van der Waals surface area contributed by atoms with Crippen molar-refractivity contribution in [2.45, 2.75) is 24.5 Å². The van der Waals surface area contributed by atoms with Crippen molar-refractivity contribution in [2.75, 3.05) is 12.4 Å². The average Bonchev–Trinajstić information content (AvgIpc) is 2.41. The van der Waals surface area contributed by atoms with Gasteiger partial charge in [-0.3, -0.25) is 4.98 Å². The van der Waals surface area contributed by atoms with E-state index in [0.29, 0.717) is 0 Å². The maximum Gasteiger partial charge on any atom is 0.144 e. The number of benzene rings is 1. The first kappa shape index (κ1) is 12.9. The van der Waals surface area contributed by atoms with E-state index in [0.717, 1.165) is 17.3 Å². The summed E-state index contributed by atoms with van der Waals surface area (Å²) >= 11 is 1.79. The molecule has 1 aromatic carbocycles. The van der Waals surface area contributed by atoms with Crippen LogP contribution in [0.3, 0.4) is 0 Å². The first-order valence-corrected chi connectivity index (χ1v) is 6.86. The van der Waals surface area contributed by atoms with Gasteiger partial charge >= 0.3 is 0 Å². The second-order valence-electron chi connectivity index (χ2n) is 4.18. The van der Waals surface area contributed by atoms with Gasteiger partial charge in [0, 0.05) is 17.7 Å². The molecule has 0 amide bonds. The van der Waals surface area contributed by atoms with E-state index >= 15 is 0 Å². The summed E-state index contributed by atoms with van der Waals surface area (Å²) in [6.07, 6.45) is 3.58. The van der Waals surface area contributed by atoms with Crippen LogP contribution in [0.25, 0.3) is 0 Å². The van der Waals surface area contributed by atoms with E-state index in [9.17, 15) is 0 Å². The van der Waals surface area contributed by atoms with Gasteiger partial charge in [0.15, 0.2) is 0 Å². The van der Waals surface area contributed by atoms with Crippen LogP contribution < -0.4 is 5.32 Å². The van der Waals surface area contributed by atoms with E-state index < -0.39 is 0 Å². The fourth-order valence-electron chi connectivity index (χ4n) is 1.52. The number of hydrogen-bond acceptors (Lipinski definition) is 4. The predicted molar refractivity (Wildman–Crippen MR) is 77.1 cm³/mol. The summed E-state index contributed by atoms with van der Waals surface area (Å²) < 4.78 is 0. The van der Waals surface area contributed by atoms with Crippen molar-refractivity contribution >= 4 is 17.6 Å². The molecule has 0 aliphatic carbocycles. The van der Waals surface area contributed by atoms with Gasteiger partial charge in [0.2, 0.25) is 0 Å². The van der Waals surface area contributed by atoms with Crippen LogP contribution in [0.1, 0.15) is 16.8 Å². The number of nitrogens with one attached hydrogen (secondary N) is 1. The summed E-state index contributed by atoms with van der Waals surface area (Å²) in [5, 5.41) is 2.96. The summed E-state index contributed by atoms with van der Waals surface area (Å²) in [6.45, 7) is 4.27. The molecule has 2 aromatic rings. The zero-order valence-electron chi connectivity index (χ0n) is 10.9. The fourth-order valence-corrected chi connectivity index (χ4v) is 2.41. The topological polar surface area (TPSA) is 37.8 Å². The minimum atomic E-state index is 0.801. The van der Waals surface area contributed by atoms with Gasteiger partial charge < -0.3 is 5.32 Å². The van der Waals surface area contributed by atoms with Gasteiger partial charge in [-0.15, -0.1) is 11.8 Å². The SMILES string of the molecule is CNc1cnc(CSc2ccc(C)c(C)c2)cn1. The third-order valence-electron chi connectivity index (χ3n) is 2.83. The Morgan fingerprint density at radius 2 is 1.94 bits per heavy atom. The molecule has 0 spiro atoms. The minimum Gasteiger partial charge on any atom is -0.372 e. The minimum absolute atomic E-state index is 0.801. The molecule has 4 heteroatoms. The number of aryl methyl sites for hydroxylation is 2. The number of nitrogens with zero attached hydrogens (tertiary/aromatic N) is 2. The summed E-state index contributed by atoms with van der Waals surface area (Å²) in [7, 11) is 1.84. The molecule has 0 radical (unpaired) electrons. The van der Waals surface area contributed by atoms with Crippen molar-refractivity contribution in [2.24, 2.45) is 0 Å². The molecule has 0 aliphatic rings. The maximum atomic E-state index is 4.36. The fraction of sp³-hybridized carbons (Fsp3) is 0.286. The molecular weight excluding hydrogens is 242 g/mol. The van der Waals surface area contributed by atoms with Crippen molar-refractivity contribution in [3.05, 3.63) is 47.4 Å². The van der Waals surface area contributed by atoms with Crippen LogP contribution >= 0.6 is 11.8 Å². The van der Waals surface area contributed by atoms with Gasteiger partial charge in [-0.25, -0.2) is 4.98 Å². The maximum absolute atomic E-state index is 4.36. The average molecular weight is 259 g/mol. The van der Waals surface area contributed by atoms with Gasteiger partial charge in [0.1, 0.15) is 5.82 Å². The van der Waals surface area contributed by atoms with Gasteiger partial charge in [0.25, 0.3) is 0 Å². The highest BCUT2D eigenvalue weighted by Gasteiger charge is 2.00. The van der Waals surface area contributed by atoms with E-state index in [1.807, 2.05) is 13.2 Å². The summed E-state index contributed by atoms with van der Waals surface area (Å²) in [5.41, 5.74) is 3.66. The number of thioether (sulfide) groups is 1. The third-order valence-corrected chi connectivity index (χ3v) is 3.85. The quantitative estimate of drug-likeness (QED) is 0.854. The molecule has 0 bridgehead atoms. The molecule has 0 saturated heterocycles. The molecule has 0 atom stereocenters. The summed E-state index contributed by atoms with van der Waals surface area (Å²) in [4.78, 5) is 9.89. The van der Waals surface area contributed by atoms with E-state index in [1.54, 1.807) is 18.0 Å². The lowest BCUT2D eigenvalue weighted by molar-refractivity contribution is 1.10. The normalized spacial score (nSPS) is 10.4. The second kappa shape index (κ2) is 5.87. The molecular formula is C14H17N3S. The lowest BCUT2D eigenvalue weighted by Crippen LogP contribution is -1.95. The molecule has 0 unspecified atom stereocenters. The summed E-state index contributed by atoms with van der Waals surface area (Å²) in [5.74, 6) is 1.65. The number of rotatable bonds is 4. The van der Waals surface area contributed by atoms with Crippen molar-refractivity contribution < 1.29 is 0 Å². The van der Waals surface area contributed by atoms with Crippen LogP contribution in [0, 0.1) is 13.8 Å². The molecule has 0 aliphatic heterocycles. The molecule has 3 nitrogen and oxygen atoms in total. The molecule has 94 valence electrons. The Hall–Kier alpha value is -1.55. The summed E-state index contributed by atoms with van der Waals surface area (Å²) in [6, 6.07) is 6.53. The van der Waals surface area contributed by atoms with Crippen molar-refractivity contribution in [1.82, 2.24) is 9.97 Å². The van der Waals surface area contributed by atoms with Crippen LogP contribution in [0.15, 0.2) is 35.5 Å².